The van der Waals surface area contributed by atoms with Crippen molar-refractivity contribution in [2.75, 3.05) is 18.4 Å². The van der Waals surface area contributed by atoms with Crippen LogP contribution >= 0.6 is 0 Å². The van der Waals surface area contributed by atoms with Crippen LogP contribution in [-0.4, -0.2) is 41.3 Å². The first kappa shape index (κ1) is 17.6. The molecule has 1 amide bonds. The van der Waals surface area contributed by atoms with Gasteiger partial charge in [-0.1, -0.05) is 12.1 Å². The molecule has 1 saturated heterocycles. The van der Waals surface area contributed by atoms with E-state index in [9.17, 15) is 13.2 Å². The summed E-state index contributed by atoms with van der Waals surface area (Å²) in [5, 5.41) is 2.91. The van der Waals surface area contributed by atoms with Crippen molar-refractivity contribution in [3.05, 3.63) is 42.4 Å². The highest BCUT2D eigenvalue weighted by atomic mass is 32.2. The maximum Gasteiger partial charge on any atom is 0.262 e. The maximum atomic E-state index is 12.7. The number of rotatable bonds is 4. The quantitative estimate of drug-likeness (QED) is 0.898. The molecule has 2 heterocycles. The van der Waals surface area contributed by atoms with Crippen LogP contribution in [0.3, 0.4) is 0 Å². The van der Waals surface area contributed by atoms with Crippen LogP contribution < -0.4 is 5.32 Å². The molecule has 3 rings (SSSR count). The molecule has 7 nitrogen and oxygen atoms in total. The average molecular weight is 362 g/mol. The van der Waals surface area contributed by atoms with E-state index in [0.29, 0.717) is 19.4 Å². The van der Waals surface area contributed by atoms with Gasteiger partial charge in [-0.15, -0.1) is 0 Å². The molecular formula is C17H22N4O3S. The SMILES string of the molecule is Cc1cccc(NC(=O)[C@H]2CCCN(S(=O)(=O)c3cn(C)cn3)C2)c1. The Bertz CT molecular complexity index is 876. The molecule has 0 radical (unpaired) electrons. The van der Waals surface area contributed by atoms with E-state index in [-0.39, 0.29) is 23.4 Å². The molecular weight excluding hydrogens is 340 g/mol. The van der Waals surface area contributed by atoms with E-state index in [1.165, 1.54) is 16.8 Å². The highest BCUT2D eigenvalue weighted by Gasteiger charge is 2.34. The number of carbonyl (C=O) groups excluding carboxylic acids is 1. The van der Waals surface area contributed by atoms with Crippen molar-refractivity contribution in [1.29, 1.82) is 0 Å². The van der Waals surface area contributed by atoms with E-state index in [1.54, 1.807) is 11.6 Å². The Morgan fingerprint density at radius 1 is 1.36 bits per heavy atom. The van der Waals surface area contributed by atoms with Crippen LogP contribution in [-0.2, 0) is 21.9 Å². The number of hydrogen-bond acceptors (Lipinski definition) is 4. The van der Waals surface area contributed by atoms with Gasteiger partial charge < -0.3 is 9.88 Å². The van der Waals surface area contributed by atoms with E-state index in [1.807, 2.05) is 31.2 Å². The third-order valence-corrected chi connectivity index (χ3v) is 6.08. The number of benzene rings is 1. The summed E-state index contributed by atoms with van der Waals surface area (Å²) in [7, 11) is -1.94. The van der Waals surface area contributed by atoms with Crippen molar-refractivity contribution < 1.29 is 13.2 Å². The van der Waals surface area contributed by atoms with Crippen molar-refractivity contribution in [2.24, 2.45) is 13.0 Å². The Kier molecular flexibility index (Phi) is 4.91. The van der Waals surface area contributed by atoms with E-state index in [0.717, 1.165) is 11.3 Å². The molecule has 0 saturated carbocycles. The van der Waals surface area contributed by atoms with E-state index < -0.39 is 10.0 Å². The van der Waals surface area contributed by atoms with Gasteiger partial charge in [-0.25, -0.2) is 13.4 Å². The molecule has 0 unspecified atom stereocenters. The molecule has 8 heteroatoms. The minimum atomic E-state index is -3.67. The topological polar surface area (TPSA) is 84.3 Å². The van der Waals surface area contributed by atoms with Gasteiger partial charge in [0.1, 0.15) is 0 Å². The molecule has 25 heavy (non-hydrogen) atoms. The van der Waals surface area contributed by atoms with Crippen LogP contribution in [0.25, 0.3) is 0 Å². The van der Waals surface area contributed by atoms with Crippen molar-refractivity contribution in [1.82, 2.24) is 13.9 Å². The Morgan fingerprint density at radius 2 is 2.16 bits per heavy atom. The molecule has 134 valence electrons. The smallest absolute Gasteiger partial charge is 0.262 e. The fraction of sp³-hybridized carbons (Fsp3) is 0.412. The highest BCUT2D eigenvalue weighted by Crippen LogP contribution is 2.24. The maximum absolute atomic E-state index is 12.7. The predicted molar refractivity (Wildman–Crippen MR) is 94.5 cm³/mol. The summed E-state index contributed by atoms with van der Waals surface area (Å²) in [4.78, 5) is 16.5. The van der Waals surface area contributed by atoms with Gasteiger partial charge in [-0.2, -0.15) is 4.31 Å². The molecule has 1 aromatic carbocycles. The lowest BCUT2D eigenvalue weighted by atomic mass is 9.98. The summed E-state index contributed by atoms with van der Waals surface area (Å²) in [6, 6.07) is 7.56. The molecule has 2 aromatic rings. The van der Waals surface area contributed by atoms with Gasteiger partial charge in [0.15, 0.2) is 5.03 Å². The largest absolute Gasteiger partial charge is 0.339 e. The molecule has 1 aliphatic heterocycles. The summed E-state index contributed by atoms with van der Waals surface area (Å²) in [5.74, 6) is -0.515. The van der Waals surface area contributed by atoms with E-state index in [2.05, 4.69) is 10.3 Å². The van der Waals surface area contributed by atoms with Crippen molar-refractivity contribution in [2.45, 2.75) is 24.8 Å². The highest BCUT2D eigenvalue weighted by molar-refractivity contribution is 7.89. The number of piperidine rings is 1. The Hall–Kier alpha value is -2.19. The monoisotopic (exact) mass is 362 g/mol. The number of aryl methyl sites for hydroxylation is 2. The minimum Gasteiger partial charge on any atom is -0.339 e. The van der Waals surface area contributed by atoms with Crippen LogP contribution in [0.1, 0.15) is 18.4 Å². The third-order valence-electron chi connectivity index (χ3n) is 4.33. The molecule has 1 fully saturated rings. The zero-order valence-electron chi connectivity index (χ0n) is 14.3. The third kappa shape index (κ3) is 3.91. The van der Waals surface area contributed by atoms with Gasteiger partial charge in [-0.3, -0.25) is 4.79 Å². The fourth-order valence-electron chi connectivity index (χ4n) is 3.00. The van der Waals surface area contributed by atoms with Crippen LogP contribution in [0, 0.1) is 12.8 Å². The molecule has 0 bridgehead atoms. The lowest BCUT2D eigenvalue weighted by molar-refractivity contribution is -0.120. The Labute approximate surface area is 147 Å². The Morgan fingerprint density at radius 3 is 2.84 bits per heavy atom. The van der Waals surface area contributed by atoms with Gasteiger partial charge in [0, 0.05) is 32.0 Å². The van der Waals surface area contributed by atoms with Crippen LogP contribution in [0.2, 0.25) is 0 Å². The molecule has 0 spiro atoms. The Balaban J connectivity index is 1.71. The summed E-state index contributed by atoms with van der Waals surface area (Å²) in [6.45, 7) is 2.54. The summed E-state index contributed by atoms with van der Waals surface area (Å²) in [5.41, 5.74) is 1.79. The second kappa shape index (κ2) is 6.97. The number of sulfonamides is 1. The van der Waals surface area contributed by atoms with E-state index in [4.69, 9.17) is 0 Å². The molecule has 1 atom stereocenters. The predicted octanol–water partition coefficient (Wildman–Crippen LogP) is 1.77. The number of anilines is 1. The normalized spacial score (nSPS) is 18.9. The summed E-state index contributed by atoms with van der Waals surface area (Å²) < 4.78 is 28.3. The van der Waals surface area contributed by atoms with Crippen molar-refractivity contribution >= 4 is 21.6 Å². The number of carbonyl (C=O) groups is 1. The van der Waals surface area contributed by atoms with Crippen molar-refractivity contribution in [3.8, 4) is 0 Å². The number of nitrogens with one attached hydrogen (secondary N) is 1. The summed E-state index contributed by atoms with van der Waals surface area (Å²) in [6.07, 6.45) is 4.26. The number of hydrogen-bond donors (Lipinski definition) is 1. The van der Waals surface area contributed by atoms with Gasteiger partial charge >= 0.3 is 0 Å². The number of imidazole rings is 1. The standard InChI is InChI=1S/C17H22N4O3S/c1-13-5-3-7-15(9-13)19-17(22)14-6-4-8-21(10-14)25(23,24)16-11-20(2)12-18-16/h3,5,7,9,11-12,14H,4,6,8,10H2,1-2H3,(H,19,22)/t14-/m0/s1. The first-order chi connectivity index (χ1) is 11.9. The average Bonchev–Trinajstić information content (AvgIpc) is 3.02. The van der Waals surface area contributed by atoms with Gasteiger partial charge in [0.25, 0.3) is 10.0 Å². The number of aromatic nitrogens is 2. The second-order valence-electron chi connectivity index (χ2n) is 6.44. The lowest BCUT2D eigenvalue weighted by Crippen LogP contribution is -2.43. The van der Waals surface area contributed by atoms with Gasteiger partial charge in [0.05, 0.1) is 12.2 Å². The van der Waals surface area contributed by atoms with Crippen LogP contribution in [0.15, 0.2) is 41.8 Å². The molecule has 1 N–H and O–H groups in total. The minimum absolute atomic E-state index is 0.0229. The number of nitrogens with zero attached hydrogens (tertiary/aromatic N) is 3. The van der Waals surface area contributed by atoms with Crippen LogP contribution in [0.5, 0.6) is 0 Å². The van der Waals surface area contributed by atoms with E-state index >= 15 is 0 Å². The zero-order chi connectivity index (χ0) is 18.0. The first-order valence-corrected chi connectivity index (χ1v) is 9.66. The molecule has 0 aliphatic carbocycles. The first-order valence-electron chi connectivity index (χ1n) is 8.22. The summed E-state index contributed by atoms with van der Waals surface area (Å²) >= 11 is 0. The van der Waals surface area contributed by atoms with Gasteiger partial charge in [-0.05, 0) is 37.5 Å². The van der Waals surface area contributed by atoms with Crippen molar-refractivity contribution in [3.63, 3.8) is 0 Å². The number of amides is 1. The van der Waals surface area contributed by atoms with Gasteiger partial charge in [0.2, 0.25) is 5.91 Å². The fourth-order valence-corrected chi connectivity index (χ4v) is 4.49. The molecule has 1 aromatic heterocycles. The second-order valence-corrected chi connectivity index (χ2v) is 8.32. The molecule has 1 aliphatic rings. The van der Waals surface area contributed by atoms with Crippen LogP contribution in [0.4, 0.5) is 5.69 Å². The zero-order valence-corrected chi connectivity index (χ0v) is 15.2. The lowest BCUT2D eigenvalue weighted by Gasteiger charge is -2.30.